The van der Waals surface area contributed by atoms with Gasteiger partial charge in [-0.15, -0.1) is 0 Å². The third-order valence-corrected chi connectivity index (χ3v) is 3.62. The summed E-state index contributed by atoms with van der Waals surface area (Å²) in [5, 5.41) is 5.48. The molecule has 2 aromatic carbocycles. The predicted molar refractivity (Wildman–Crippen MR) is 97.4 cm³/mol. The maximum Gasteiger partial charge on any atom is 0.274 e. The fourth-order valence-corrected chi connectivity index (χ4v) is 2.38. The number of aryl methyl sites for hydroxylation is 1. The summed E-state index contributed by atoms with van der Waals surface area (Å²) in [6.07, 6.45) is 0. The summed E-state index contributed by atoms with van der Waals surface area (Å²) in [7, 11) is 1.54. The van der Waals surface area contributed by atoms with Gasteiger partial charge < -0.3 is 15.4 Å². The van der Waals surface area contributed by atoms with Gasteiger partial charge in [0.15, 0.2) is 11.6 Å². The summed E-state index contributed by atoms with van der Waals surface area (Å²) < 4.78 is 31.6. The minimum atomic E-state index is -1.05. The van der Waals surface area contributed by atoms with Crippen LogP contribution in [0.15, 0.2) is 48.5 Å². The van der Waals surface area contributed by atoms with E-state index in [-0.39, 0.29) is 17.3 Å². The third-order valence-electron chi connectivity index (χ3n) is 3.62. The van der Waals surface area contributed by atoms with E-state index in [9.17, 15) is 13.6 Å². The van der Waals surface area contributed by atoms with Crippen LogP contribution in [0.5, 0.6) is 5.75 Å². The number of para-hydroxylation sites is 2. The lowest BCUT2D eigenvalue weighted by Gasteiger charge is -2.11. The van der Waals surface area contributed by atoms with Crippen LogP contribution in [0.2, 0.25) is 0 Å². The molecular weight excluding hydrogens is 354 g/mol. The van der Waals surface area contributed by atoms with E-state index in [0.29, 0.717) is 17.1 Å². The Hall–Kier alpha value is -3.55. The van der Waals surface area contributed by atoms with Gasteiger partial charge in [-0.05, 0) is 37.3 Å². The highest BCUT2D eigenvalue weighted by Crippen LogP contribution is 2.25. The van der Waals surface area contributed by atoms with E-state index in [1.54, 1.807) is 19.1 Å². The van der Waals surface area contributed by atoms with Gasteiger partial charge in [-0.25, -0.2) is 18.7 Å². The van der Waals surface area contributed by atoms with E-state index in [1.807, 2.05) is 12.1 Å². The molecule has 27 heavy (non-hydrogen) atoms. The number of amides is 1. The molecule has 8 heteroatoms. The van der Waals surface area contributed by atoms with E-state index in [2.05, 4.69) is 20.6 Å². The number of carbonyl (C=O) groups is 1. The first kappa shape index (κ1) is 18.2. The molecule has 0 unspecified atom stereocenters. The SMILES string of the molecule is COc1ccccc1Nc1nc(C)cc(C(=O)Nc2ccc(F)c(F)c2)n1. The number of methoxy groups -OCH3 is 1. The van der Waals surface area contributed by atoms with Crippen LogP contribution < -0.4 is 15.4 Å². The van der Waals surface area contributed by atoms with Crippen molar-refractivity contribution in [2.24, 2.45) is 0 Å². The van der Waals surface area contributed by atoms with Gasteiger partial charge in [-0.1, -0.05) is 12.1 Å². The summed E-state index contributed by atoms with van der Waals surface area (Å²) >= 11 is 0. The minimum absolute atomic E-state index is 0.0737. The van der Waals surface area contributed by atoms with Gasteiger partial charge in [0.05, 0.1) is 12.8 Å². The summed E-state index contributed by atoms with van der Waals surface area (Å²) in [6.45, 7) is 1.71. The molecule has 1 aromatic heterocycles. The van der Waals surface area contributed by atoms with Crippen LogP contribution in [-0.2, 0) is 0 Å². The Morgan fingerprint density at radius 2 is 1.81 bits per heavy atom. The molecule has 0 radical (unpaired) electrons. The van der Waals surface area contributed by atoms with Crippen LogP contribution in [0.4, 0.5) is 26.1 Å². The van der Waals surface area contributed by atoms with Gasteiger partial charge in [0, 0.05) is 17.4 Å². The van der Waals surface area contributed by atoms with Gasteiger partial charge in [0.2, 0.25) is 5.95 Å². The van der Waals surface area contributed by atoms with E-state index in [1.165, 1.54) is 19.2 Å². The summed E-state index contributed by atoms with van der Waals surface area (Å²) in [4.78, 5) is 20.9. The van der Waals surface area contributed by atoms with E-state index < -0.39 is 17.5 Å². The number of hydrogen-bond acceptors (Lipinski definition) is 5. The van der Waals surface area contributed by atoms with Crippen molar-refractivity contribution in [1.29, 1.82) is 0 Å². The lowest BCUT2D eigenvalue weighted by molar-refractivity contribution is 0.102. The largest absolute Gasteiger partial charge is 0.495 e. The summed E-state index contributed by atoms with van der Waals surface area (Å²) in [6, 6.07) is 11.8. The lowest BCUT2D eigenvalue weighted by Crippen LogP contribution is -2.15. The Kier molecular flexibility index (Phi) is 5.25. The monoisotopic (exact) mass is 370 g/mol. The number of anilines is 3. The van der Waals surface area contributed by atoms with Gasteiger partial charge in [-0.3, -0.25) is 4.79 Å². The van der Waals surface area contributed by atoms with E-state index in [0.717, 1.165) is 12.1 Å². The van der Waals surface area contributed by atoms with E-state index in [4.69, 9.17) is 4.74 Å². The zero-order chi connectivity index (χ0) is 19.4. The van der Waals surface area contributed by atoms with Crippen LogP contribution in [0.1, 0.15) is 16.2 Å². The summed E-state index contributed by atoms with van der Waals surface area (Å²) in [5.41, 5.74) is 1.38. The lowest BCUT2D eigenvalue weighted by atomic mass is 10.2. The molecule has 0 aliphatic rings. The minimum Gasteiger partial charge on any atom is -0.495 e. The number of nitrogens with zero attached hydrogens (tertiary/aromatic N) is 2. The quantitative estimate of drug-likeness (QED) is 0.708. The molecule has 3 aromatic rings. The van der Waals surface area contributed by atoms with Crippen molar-refractivity contribution < 1.29 is 18.3 Å². The van der Waals surface area contributed by atoms with Crippen LogP contribution in [0.25, 0.3) is 0 Å². The molecule has 0 atom stereocenters. The Morgan fingerprint density at radius 3 is 2.56 bits per heavy atom. The van der Waals surface area contributed by atoms with Gasteiger partial charge >= 0.3 is 0 Å². The molecule has 0 fully saturated rings. The fraction of sp³-hybridized carbons (Fsp3) is 0.105. The maximum absolute atomic E-state index is 13.3. The molecule has 0 spiro atoms. The van der Waals surface area contributed by atoms with Crippen LogP contribution in [0, 0.1) is 18.6 Å². The van der Waals surface area contributed by atoms with Gasteiger partial charge in [0.25, 0.3) is 5.91 Å². The van der Waals surface area contributed by atoms with Crippen molar-refractivity contribution in [3.63, 3.8) is 0 Å². The van der Waals surface area contributed by atoms with Gasteiger partial charge in [-0.2, -0.15) is 0 Å². The molecule has 0 saturated carbocycles. The Balaban J connectivity index is 1.84. The van der Waals surface area contributed by atoms with Crippen LogP contribution in [-0.4, -0.2) is 23.0 Å². The number of hydrogen-bond donors (Lipinski definition) is 2. The number of aromatic nitrogens is 2. The molecule has 138 valence electrons. The van der Waals surface area contributed by atoms with Crippen molar-refractivity contribution in [2.45, 2.75) is 6.92 Å². The first-order valence-electron chi connectivity index (χ1n) is 7.98. The zero-order valence-electron chi connectivity index (χ0n) is 14.6. The third kappa shape index (κ3) is 4.35. The standard InChI is InChI=1S/C19H16F2N4O2/c1-11-9-16(18(26)23-12-7-8-13(20)14(21)10-12)25-19(22-11)24-15-5-3-4-6-17(15)27-2/h3-10H,1-2H3,(H,23,26)(H,22,24,25). The molecule has 0 saturated heterocycles. The molecule has 0 bridgehead atoms. The van der Waals surface area contributed by atoms with Crippen LogP contribution >= 0.6 is 0 Å². The van der Waals surface area contributed by atoms with Crippen molar-refractivity contribution in [2.75, 3.05) is 17.7 Å². The molecule has 1 amide bonds. The number of rotatable bonds is 5. The molecule has 6 nitrogen and oxygen atoms in total. The second-order valence-corrected chi connectivity index (χ2v) is 5.63. The summed E-state index contributed by atoms with van der Waals surface area (Å²) in [5.74, 6) is -1.82. The van der Waals surface area contributed by atoms with Crippen molar-refractivity contribution in [1.82, 2.24) is 9.97 Å². The maximum atomic E-state index is 13.3. The smallest absolute Gasteiger partial charge is 0.274 e. The highest BCUT2D eigenvalue weighted by atomic mass is 19.2. The average Bonchev–Trinajstić information content (AvgIpc) is 2.64. The second kappa shape index (κ2) is 7.77. The number of ether oxygens (including phenoxy) is 1. The topological polar surface area (TPSA) is 76.1 Å². The molecule has 2 N–H and O–H groups in total. The average molecular weight is 370 g/mol. The first-order chi connectivity index (χ1) is 13.0. The highest BCUT2D eigenvalue weighted by Gasteiger charge is 2.13. The molecule has 1 heterocycles. The second-order valence-electron chi connectivity index (χ2n) is 5.63. The molecule has 0 aliphatic carbocycles. The fourth-order valence-electron chi connectivity index (χ4n) is 2.38. The van der Waals surface area contributed by atoms with Gasteiger partial charge in [0.1, 0.15) is 11.4 Å². The van der Waals surface area contributed by atoms with Crippen LogP contribution in [0.3, 0.4) is 0 Å². The van der Waals surface area contributed by atoms with E-state index >= 15 is 0 Å². The molecular formula is C19H16F2N4O2. The zero-order valence-corrected chi connectivity index (χ0v) is 14.6. The number of halogens is 2. The normalized spacial score (nSPS) is 10.4. The Labute approximate surface area is 154 Å². The molecule has 3 rings (SSSR count). The number of nitrogens with one attached hydrogen (secondary N) is 2. The number of benzene rings is 2. The van der Waals surface area contributed by atoms with Crippen molar-refractivity contribution in [3.05, 3.63) is 71.6 Å². The van der Waals surface area contributed by atoms with Crippen molar-refractivity contribution in [3.8, 4) is 5.75 Å². The van der Waals surface area contributed by atoms with Crippen molar-refractivity contribution >= 4 is 23.2 Å². The Bertz CT molecular complexity index is 995. The highest BCUT2D eigenvalue weighted by molar-refractivity contribution is 6.03. The number of carbonyl (C=O) groups excluding carboxylic acids is 1. The molecule has 0 aliphatic heterocycles. The first-order valence-corrected chi connectivity index (χ1v) is 7.98. The Morgan fingerprint density at radius 1 is 1.04 bits per heavy atom. The predicted octanol–water partition coefficient (Wildman–Crippen LogP) is 4.07.